The summed E-state index contributed by atoms with van der Waals surface area (Å²) in [5, 5.41) is 9.59. The molecule has 4 nitrogen and oxygen atoms in total. The molecule has 1 fully saturated rings. The lowest BCUT2D eigenvalue weighted by molar-refractivity contribution is -0.139. The molecule has 1 unspecified atom stereocenters. The van der Waals surface area contributed by atoms with Crippen molar-refractivity contribution < 1.29 is 9.90 Å². The van der Waals surface area contributed by atoms with E-state index in [0.717, 1.165) is 25.3 Å². The zero-order chi connectivity index (χ0) is 15.4. The minimum Gasteiger partial charge on any atom is -0.480 e. The fraction of sp³-hybridized carbons (Fsp3) is 0.278. The van der Waals surface area contributed by atoms with Gasteiger partial charge in [-0.1, -0.05) is 48.5 Å². The van der Waals surface area contributed by atoms with E-state index in [2.05, 4.69) is 17.0 Å². The van der Waals surface area contributed by atoms with Crippen LogP contribution in [0.4, 0.5) is 5.69 Å². The Kier molecular flexibility index (Phi) is 4.39. The van der Waals surface area contributed by atoms with E-state index in [1.165, 1.54) is 5.56 Å². The number of carbonyl (C=O) groups is 1. The van der Waals surface area contributed by atoms with E-state index < -0.39 is 12.0 Å². The van der Waals surface area contributed by atoms with E-state index in [-0.39, 0.29) is 0 Å². The standard InChI is InChI=1S/C18H20N2O2/c21-18(22)17-14-19(13-15-7-3-1-4-8-15)11-12-20(17)16-9-5-2-6-10-16/h1-10,17H,11-14H2,(H,21,22). The van der Waals surface area contributed by atoms with Gasteiger partial charge in [0.25, 0.3) is 0 Å². The van der Waals surface area contributed by atoms with Crippen molar-refractivity contribution in [1.29, 1.82) is 0 Å². The second-order valence-corrected chi connectivity index (χ2v) is 5.60. The number of rotatable bonds is 4. The molecule has 0 amide bonds. The van der Waals surface area contributed by atoms with Gasteiger partial charge in [-0.2, -0.15) is 0 Å². The fourth-order valence-electron chi connectivity index (χ4n) is 2.96. The molecule has 0 bridgehead atoms. The molecule has 0 spiro atoms. The largest absolute Gasteiger partial charge is 0.480 e. The Balaban J connectivity index is 1.72. The Labute approximate surface area is 130 Å². The Bertz CT molecular complexity index is 615. The molecule has 0 aromatic heterocycles. The van der Waals surface area contributed by atoms with Crippen molar-refractivity contribution in [3.63, 3.8) is 0 Å². The quantitative estimate of drug-likeness (QED) is 0.941. The molecule has 2 aromatic carbocycles. The van der Waals surface area contributed by atoms with Crippen LogP contribution in [0.5, 0.6) is 0 Å². The van der Waals surface area contributed by atoms with Gasteiger partial charge in [0.05, 0.1) is 0 Å². The fourth-order valence-corrected chi connectivity index (χ4v) is 2.96. The Morgan fingerprint density at radius 1 is 1.00 bits per heavy atom. The molecule has 1 saturated heterocycles. The number of benzene rings is 2. The molecule has 1 atom stereocenters. The number of carboxylic acids is 1. The van der Waals surface area contributed by atoms with Crippen molar-refractivity contribution in [2.75, 3.05) is 24.5 Å². The van der Waals surface area contributed by atoms with E-state index >= 15 is 0 Å². The Hall–Kier alpha value is -2.33. The lowest BCUT2D eigenvalue weighted by atomic mass is 10.1. The summed E-state index contributed by atoms with van der Waals surface area (Å²) in [7, 11) is 0. The van der Waals surface area contributed by atoms with Gasteiger partial charge in [-0.3, -0.25) is 4.90 Å². The summed E-state index contributed by atoms with van der Waals surface area (Å²) in [6, 6.07) is 19.5. The van der Waals surface area contributed by atoms with E-state index in [0.29, 0.717) is 6.54 Å². The molecule has 1 heterocycles. The predicted molar refractivity (Wildman–Crippen MR) is 86.9 cm³/mol. The summed E-state index contributed by atoms with van der Waals surface area (Å²) < 4.78 is 0. The van der Waals surface area contributed by atoms with Gasteiger partial charge in [0.1, 0.15) is 6.04 Å². The number of nitrogens with zero attached hydrogens (tertiary/aromatic N) is 2. The van der Waals surface area contributed by atoms with Crippen molar-refractivity contribution in [2.45, 2.75) is 12.6 Å². The van der Waals surface area contributed by atoms with E-state index in [1.54, 1.807) is 0 Å². The monoisotopic (exact) mass is 296 g/mol. The number of anilines is 1. The zero-order valence-corrected chi connectivity index (χ0v) is 12.4. The third-order valence-electron chi connectivity index (χ3n) is 4.09. The maximum Gasteiger partial charge on any atom is 0.327 e. The highest BCUT2D eigenvalue weighted by Gasteiger charge is 2.32. The first-order valence-electron chi connectivity index (χ1n) is 7.55. The van der Waals surface area contributed by atoms with Crippen molar-refractivity contribution in [2.24, 2.45) is 0 Å². The van der Waals surface area contributed by atoms with Gasteiger partial charge in [0.15, 0.2) is 0 Å². The van der Waals surface area contributed by atoms with Gasteiger partial charge >= 0.3 is 5.97 Å². The molecule has 1 N–H and O–H groups in total. The molecule has 22 heavy (non-hydrogen) atoms. The van der Waals surface area contributed by atoms with Crippen molar-refractivity contribution in [1.82, 2.24) is 4.90 Å². The van der Waals surface area contributed by atoms with Gasteiger partial charge in [-0.25, -0.2) is 4.79 Å². The molecule has 4 heteroatoms. The van der Waals surface area contributed by atoms with Crippen molar-refractivity contribution in [3.05, 3.63) is 66.2 Å². The summed E-state index contributed by atoms with van der Waals surface area (Å²) in [6.07, 6.45) is 0. The van der Waals surface area contributed by atoms with Crippen molar-refractivity contribution >= 4 is 11.7 Å². The van der Waals surface area contributed by atoms with Crippen LogP contribution < -0.4 is 4.90 Å². The van der Waals surface area contributed by atoms with Crippen LogP contribution in [-0.4, -0.2) is 41.7 Å². The highest BCUT2D eigenvalue weighted by Crippen LogP contribution is 2.21. The predicted octanol–water partition coefficient (Wildman–Crippen LogP) is 2.46. The molecular weight excluding hydrogens is 276 g/mol. The van der Waals surface area contributed by atoms with Crippen LogP contribution in [0.25, 0.3) is 0 Å². The molecule has 1 aliphatic heterocycles. The summed E-state index contributed by atoms with van der Waals surface area (Å²) in [4.78, 5) is 15.9. The molecule has 0 saturated carbocycles. The normalized spacial score (nSPS) is 19.1. The number of aliphatic carboxylic acids is 1. The minimum atomic E-state index is -0.762. The van der Waals surface area contributed by atoms with Crippen LogP contribution in [0.15, 0.2) is 60.7 Å². The number of carboxylic acid groups (broad SMARTS) is 1. The Morgan fingerprint density at radius 3 is 2.27 bits per heavy atom. The summed E-state index contributed by atoms with van der Waals surface area (Å²) >= 11 is 0. The molecule has 1 aliphatic rings. The molecule has 0 radical (unpaired) electrons. The van der Waals surface area contributed by atoms with Crippen LogP contribution >= 0.6 is 0 Å². The van der Waals surface area contributed by atoms with E-state index in [9.17, 15) is 9.90 Å². The summed E-state index contributed by atoms with van der Waals surface area (Å²) in [5.74, 6) is -0.762. The third-order valence-corrected chi connectivity index (χ3v) is 4.09. The van der Waals surface area contributed by atoms with E-state index in [1.807, 2.05) is 53.4 Å². The molecular formula is C18H20N2O2. The average molecular weight is 296 g/mol. The first-order valence-corrected chi connectivity index (χ1v) is 7.55. The lowest BCUT2D eigenvalue weighted by Gasteiger charge is -2.40. The Morgan fingerprint density at radius 2 is 1.64 bits per heavy atom. The number of para-hydroxylation sites is 1. The van der Waals surface area contributed by atoms with E-state index in [4.69, 9.17) is 0 Å². The van der Waals surface area contributed by atoms with Crippen LogP contribution in [0.1, 0.15) is 5.56 Å². The topological polar surface area (TPSA) is 43.8 Å². The van der Waals surface area contributed by atoms with Crippen LogP contribution in [0.2, 0.25) is 0 Å². The second-order valence-electron chi connectivity index (χ2n) is 5.60. The maximum atomic E-state index is 11.7. The SMILES string of the molecule is O=C(O)C1CN(Cc2ccccc2)CCN1c1ccccc1. The van der Waals surface area contributed by atoms with Crippen LogP contribution in [0.3, 0.4) is 0 Å². The van der Waals surface area contributed by atoms with Crippen LogP contribution in [-0.2, 0) is 11.3 Å². The van der Waals surface area contributed by atoms with Gasteiger partial charge in [-0.05, 0) is 17.7 Å². The van der Waals surface area contributed by atoms with Gasteiger partial charge in [0.2, 0.25) is 0 Å². The average Bonchev–Trinajstić information content (AvgIpc) is 2.56. The highest BCUT2D eigenvalue weighted by atomic mass is 16.4. The number of hydrogen-bond donors (Lipinski definition) is 1. The zero-order valence-electron chi connectivity index (χ0n) is 12.4. The molecule has 2 aromatic rings. The van der Waals surface area contributed by atoms with Gasteiger partial charge in [-0.15, -0.1) is 0 Å². The minimum absolute atomic E-state index is 0.500. The molecule has 114 valence electrons. The first-order chi connectivity index (χ1) is 10.7. The summed E-state index contributed by atoms with van der Waals surface area (Å²) in [5.41, 5.74) is 2.20. The molecule has 3 rings (SSSR count). The molecule has 0 aliphatic carbocycles. The van der Waals surface area contributed by atoms with Gasteiger partial charge < -0.3 is 10.0 Å². The second kappa shape index (κ2) is 6.62. The van der Waals surface area contributed by atoms with Gasteiger partial charge in [0, 0.05) is 31.9 Å². The number of hydrogen-bond acceptors (Lipinski definition) is 3. The third kappa shape index (κ3) is 3.28. The smallest absolute Gasteiger partial charge is 0.327 e. The van der Waals surface area contributed by atoms with Crippen LogP contribution in [0, 0.1) is 0 Å². The first kappa shape index (κ1) is 14.6. The van der Waals surface area contributed by atoms with Crippen molar-refractivity contribution in [3.8, 4) is 0 Å². The summed E-state index contributed by atoms with van der Waals surface area (Å²) in [6.45, 7) is 2.94. The maximum absolute atomic E-state index is 11.7. The lowest BCUT2D eigenvalue weighted by Crippen LogP contribution is -2.56. The number of piperazine rings is 1. The highest BCUT2D eigenvalue weighted by molar-refractivity contribution is 5.79.